The van der Waals surface area contributed by atoms with Crippen molar-refractivity contribution >= 4 is 11.5 Å². The number of nitrogens with zero attached hydrogens (tertiary/aromatic N) is 2. The summed E-state index contributed by atoms with van der Waals surface area (Å²) < 4.78 is 0. The van der Waals surface area contributed by atoms with Gasteiger partial charge in [0.05, 0.1) is 5.69 Å². The fourth-order valence-electron chi connectivity index (χ4n) is 2.23. The Labute approximate surface area is 121 Å². The SMILES string of the molecule is CC(CCc1ccccc1)Nc1cccnc1N(C)C. The number of pyridine rings is 1. The van der Waals surface area contributed by atoms with Gasteiger partial charge in [-0.05, 0) is 37.5 Å². The first-order chi connectivity index (χ1) is 9.66. The van der Waals surface area contributed by atoms with E-state index in [4.69, 9.17) is 0 Å². The zero-order chi connectivity index (χ0) is 14.4. The third kappa shape index (κ3) is 3.98. The highest BCUT2D eigenvalue weighted by molar-refractivity contribution is 5.65. The van der Waals surface area contributed by atoms with Crippen molar-refractivity contribution in [1.29, 1.82) is 0 Å². The lowest BCUT2D eigenvalue weighted by molar-refractivity contribution is 0.705. The van der Waals surface area contributed by atoms with Gasteiger partial charge in [-0.25, -0.2) is 4.98 Å². The van der Waals surface area contributed by atoms with Crippen molar-refractivity contribution in [1.82, 2.24) is 4.98 Å². The van der Waals surface area contributed by atoms with Crippen LogP contribution in [0, 0.1) is 0 Å². The van der Waals surface area contributed by atoms with E-state index in [1.807, 2.05) is 31.3 Å². The quantitative estimate of drug-likeness (QED) is 0.868. The number of anilines is 2. The average molecular weight is 269 g/mol. The van der Waals surface area contributed by atoms with E-state index in [2.05, 4.69) is 53.6 Å². The Kier molecular flexibility index (Phi) is 4.99. The Bertz CT molecular complexity index is 523. The molecule has 0 aliphatic heterocycles. The van der Waals surface area contributed by atoms with Crippen molar-refractivity contribution in [3.05, 3.63) is 54.2 Å². The van der Waals surface area contributed by atoms with Gasteiger partial charge in [0.25, 0.3) is 0 Å². The number of aromatic nitrogens is 1. The van der Waals surface area contributed by atoms with Gasteiger partial charge in [0.15, 0.2) is 5.82 Å². The Morgan fingerprint density at radius 1 is 1.10 bits per heavy atom. The molecule has 1 N–H and O–H groups in total. The van der Waals surface area contributed by atoms with Crippen molar-refractivity contribution < 1.29 is 0 Å². The van der Waals surface area contributed by atoms with E-state index in [0.29, 0.717) is 6.04 Å². The largest absolute Gasteiger partial charge is 0.380 e. The smallest absolute Gasteiger partial charge is 0.151 e. The maximum atomic E-state index is 4.41. The van der Waals surface area contributed by atoms with Crippen LogP contribution in [0.2, 0.25) is 0 Å². The summed E-state index contributed by atoms with van der Waals surface area (Å²) in [5.74, 6) is 0.985. The van der Waals surface area contributed by atoms with Gasteiger partial charge in [0.1, 0.15) is 0 Å². The molecule has 1 unspecified atom stereocenters. The van der Waals surface area contributed by atoms with Crippen molar-refractivity contribution in [2.24, 2.45) is 0 Å². The molecule has 1 atom stereocenters. The maximum absolute atomic E-state index is 4.41. The molecule has 1 aromatic heterocycles. The molecule has 3 nitrogen and oxygen atoms in total. The second kappa shape index (κ2) is 6.94. The number of hydrogen-bond acceptors (Lipinski definition) is 3. The van der Waals surface area contributed by atoms with Crippen LogP contribution in [0.15, 0.2) is 48.7 Å². The summed E-state index contributed by atoms with van der Waals surface area (Å²) in [6, 6.07) is 15.1. The molecule has 0 bridgehead atoms. The summed E-state index contributed by atoms with van der Waals surface area (Å²) in [4.78, 5) is 6.45. The van der Waals surface area contributed by atoms with E-state index in [-0.39, 0.29) is 0 Å². The summed E-state index contributed by atoms with van der Waals surface area (Å²) in [6.45, 7) is 2.22. The van der Waals surface area contributed by atoms with Gasteiger partial charge in [-0.3, -0.25) is 0 Å². The molecule has 0 saturated heterocycles. The molecule has 0 spiro atoms. The lowest BCUT2D eigenvalue weighted by Gasteiger charge is -2.20. The molecule has 1 aromatic carbocycles. The van der Waals surface area contributed by atoms with Crippen molar-refractivity contribution in [3.63, 3.8) is 0 Å². The van der Waals surface area contributed by atoms with E-state index in [1.54, 1.807) is 0 Å². The first kappa shape index (κ1) is 14.4. The van der Waals surface area contributed by atoms with Crippen molar-refractivity contribution in [3.8, 4) is 0 Å². The van der Waals surface area contributed by atoms with Crippen LogP contribution in [0.5, 0.6) is 0 Å². The molecule has 1 heterocycles. The fourth-order valence-corrected chi connectivity index (χ4v) is 2.23. The molecule has 106 valence electrons. The number of hydrogen-bond donors (Lipinski definition) is 1. The number of benzene rings is 1. The number of nitrogens with one attached hydrogen (secondary N) is 1. The predicted molar refractivity (Wildman–Crippen MR) is 86.4 cm³/mol. The molecular formula is C17H23N3. The normalized spacial score (nSPS) is 11.9. The molecular weight excluding hydrogens is 246 g/mol. The fraction of sp³-hybridized carbons (Fsp3) is 0.353. The lowest BCUT2D eigenvalue weighted by Crippen LogP contribution is -2.20. The molecule has 0 aliphatic rings. The first-order valence-corrected chi connectivity index (χ1v) is 7.09. The minimum Gasteiger partial charge on any atom is -0.380 e. The molecule has 2 aromatic rings. The molecule has 0 saturated carbocycles. The van der Waals surface area contributed by atoms with Gasteiger partial charge < -0.3 is 10.2 Å². The summed E-state index contributed by atoms with van der Waals surface area (Å²) in [6.07, 6.45) is 4.02. The van der Waals surface area contributed by atoms with Crippen molar-refractivity contribution in [2.75, 3.05) is 24.3 Å². The van der Waals surface area contributed by atoms with Crippen LogP contribution in [0.3, 0.4) is 0 Å². The Balaban J connectivity index is 1.93. The van der Waals surface area contributed by atoms with Gasteiger partial charge in [-0.15, -0.1) is 0 Å². The third-order valence-corrected chi connectivity index (χ3v) is 3.32. The molecule has 0 aliphatic carbocycles. The number of aryl methyl sites for hydroxylation is 1. The van der Waals surface area contributed by atoms with Gasteiger partial charge in [-0.2, -0.15) is 0 Å². The highest BCUT2D eigenvalue weighted by atomic mass is 15.2. The molecule has 2 rings (SSSR count). The minimum atomic E-state index is 0.415. The van der Waals surface area contributed by atoms with Gasteiger partial charge in [-0.1, -0.05) is 30.3 Å². The molecule has 3 heteroatoms. The van der Waals surface area contributed by atoms with Crippen molar-refractivity contribution in [2.45, 2.75) is 25.8 Å². The van der Waals surface area contributed by atoms with E-state index in [9.17, 15) is 0 Å². The standard InChI is InChI=1S/C17H23N3/c1-14(11-12-15-8-5-4-6-9-15)19-16-10-7-13-18-17(16)20(2)3/h4-10,13-14,19H,11-12H2,1-3H3. The van der Waals surface area contributed by atoms with Gasteiger partial charge in [0.2, 0.25) is 0 Å². The summed E-state index contributed by atoms with van der Waals surface area (Å²) in [5, 5.41) is 3.56. The van der Waals surface area contributed by atoms with Gasteiger partial charge in [0, 0.05) is 26.3 Å². The van der Waals surface area contributed by atoms with Crippen LogP contribution in [-0.2, 0) is 6.42 Å². The number of rotatable bonds is 6. The van der Waals surface area contributed by atoms with Crippen LogP contribution in [0.1, 0.15) is 18.9 Å². The van der Waals surface area contributed by atoms with Gasteiger partial charge >= 0.3 is 0 Å². The summed E-state index contributed by atoms with van der Waals surface area (Å²) in [5.41, 5.74) is 2.48. The summed E-state index contributed by atoms with van der Waals surface area (Å²) >= 11 is 0. The van der Waals surface area contributed by atoms with Crippen LogP contribution < -0.4 is 10.2 Å². The Morgan fingerprint density at radius 2 is 1.85 bits per heavy atom. The van der Waals surface area contributed by atoms with E-state index < -0.39 is 0 Å². The molecule has 20 heavy (non-hydrogen) atoms. The third-order valence-electron chi connectivity index (χ3n) is 3.32. The minimum absolute atomic E-state index is 0.415. The summed E-state index contributed by atoms with van der Waals surface area (Å²) in [7, 11) is 4.03. The van der Waals surface area contributed by atoms with E-state index >= 15 is 0 Å². The molecule has 0 radical (unpaired) electrons. The topological polar surface area (TPSA) is 28.2 Å². The first-order valence-electron chi connectivity index (χ1n) is 7.09. The van der Waals surface area contributed by atoms with Crippen LogP contribution in [-0.4, -0.2) is 25.1 Å². The highest BCUT2D eigenvalue weighted by Crippen LogP contribution is 2.22. The van der Waals surface area contributed by atoms with Crippen LogP contribution in [0.4, 0.5) is 11.5 Å². The Hall–Kier alpha value is -2.03. The average Bonchev–Trinajstić information content (AvgIpc) is 2.46. The van der Waals surface area contributed by atoms with Crippen LogP contribution >= 0.6 is 0 Å². The van der Waals surface area contributed by atoms with Crippen LogP contribution in [0.25, 0.3) is 0 Å². The lowest BCUT2D eigenvalue weighted by atomic mass is 10.1. The predicted octanol–water partition coefficient (Wildman–Crippen LogP) is 3.58. The maximum Gasteiger partial charge on any atom is 0.151 e. The molecule has 0 amide bonds. The molecule has 0 fully saturated rings. The Morgan fingerprint density at radius 3 is 2.55 bits per heavy atom. The second-order valence-electron chi connectivity index (χ2n) is 5.34. The highest BCUT2D eigenvalue weighted by Gasteiger charge is 2.08. The van der Waals surface area contributed by atoms with E-state index in [0.717, 1.165) is 24.3 Å². The zero-order valence-electron chi connectivity index (χ0n) is 12.5. The monoisotopic (exact) mass is 269 g/mol. The van der Waals surface area contributed by atoms with E-state index in [1.165, 1.54) is 5.56 Å². The second-order valence-corrected chi connectivity index (χ2v) is 5.34. The zero-order valence-corrected chi connectivity index (χ0v) is 12.5.